The molecule has 0 aliphatic carbocycles. The van der Waals surface area contributed by atoms with Crippen molar-refractivity contribution in [1.82, 2.24) is 4.90 Å². The van der Waals surface area contributed by atoms with Gasteiger partial charge in [-0.2, -0.15) is 0 Å². The summed E-state index contributed by atoms with van der Waals surface area (Å²) in [6, 6.07) is 0.368. The SMILES string of the molecule is CCCCCCC(CCCC)N(CCCCC)C(=O)OCC. The number of unbranched alkanes of at least 4 members (excludes halogenated alkanes) is 6. The fourth-order valence-corrected chi connectivity index (χ4v) is 2.86. The molecule has 0 aromatic heterocycles. The summed E-state index contributed by atoms with van der Waals surface area (Å²) in [4.78, 5) is 14.4. The molecule has 0 aromatic rings. The van der Waals surface area contributed by atoms with Gasteiger partial charge >= 0.3 is 6.09 Å². The quantitative estimate of drug-likeness (QED) is 0.359. The van der Waals surface area contributed by atoms with E-state index in [9.17, 15) is 4.79 Å². The first-order valence-electron chi connectivity index (χ1n) is 9.64. The van der Waals surface area contributed by atoms with Crippen molar-refractivity contribution >= 4 is 6.09 Å². The van der Waals surface area contributed by atoms with Crippen LogP contribution in [0.5, 0.6) is 0 Å². The summed E-state index contributed by atoms with van der Waals surface area (Å²) in [7, 11) is 0. The van der Waals surface area contributed by atoms with Crippen LogP contribution in [0.15, 0.2) is 0 Å². The van der Waals surface area contributed by atoms with E-state index < -0.39 is 0 Å². The van der Waals surface area contributed by atoms with E-state index in [-0.39, 0.29) is 6.09 Å². The molecule has 1 atom stereocenters. The minimum atomic E-state index is -0.102. The van der Waals surface area contributed by atoms with Crippen molar-refractivity contribution in [2.24, 2.45) is 0 Å². The van der Waals surface area contributed by atoms with Crippen molar-refractivity contribution in [2.45, 2.75) is 104 Å². The third kappa shape index (κ3) is 10.1. The molecule has 0 bridgehead atoms. The van der Waals surface area contributed by atoms with Crippen LogP contribution in [0.4, 0.5) is 4.79 Å². The Kier molecular flexibility index (Phi) is 14.7. The fraction of sp³-hybridized carbons (Fsp3) is 0.947. The predicted octanol–water partition coefficient (Wildman–Crippen LogP) is 6.16. The number of hydrogen-bond donors (Lipinski definition) is 0. The highest BCUT2D eigenvalue weighted by Gasteiger charge is 2.23. The van der Waals surface area contributed by atoms with Gasteiger partial charge in [-0.15, -0.1) is 0 Å². The maximum absolute atomic E-state index is 12.3. The summed E-state index contributed by atoms with van der Waals surface area (Å²) in [6.07, 6.45) is 13.1. The molecule has 0 aliphatic rings. The van der Waals surface area contributed by atoms with E-state index in [1.807, 2.05) is 11.8 Å². The first kappa shape index (κ1) is 21.3. The van der Waals surface area contributed by atoms with E-state index in [1.54, 1.807) is 0 Å². The average molecular weight is 314 g/mol. The third-order valence-electron chi connectivity index (χ3n) is 4.23. The van der Waals surface area contributed by atoms with Gasteiger partial charge in [0.2, 0.25) is 0 Å². The Morgan fingerprint density at radius 3 is 2.00 bits per heavy atom. The van der Waals surface area contributed by atoms with Gasteiger partial charge in [0, 0.05) is 12.6 Å². The van der Waals surface area contributed by atoms with Crippen LogP contribution >= 0.6 is 0 Å². The Labute approximate surface area is 138 Å². The average Bonchev–Trinajstić information content (AvgIpc) is 2.52. The molecule has 0 radical (unpaired) electrons. The normalized spacial score (nSPS) is 12.2. The zero-order chi connectivity index (χ0) is 16.6. The van der Waals surface area contributed by atoms with Gasteiger partial charge in [0.1, 0.15) is 0 Å². The van der Waals surface area contributed by atoms with Crippen LogP contribution in [0.2, 0.25) is 0 Å². The largest absolute Gasteiger partial charge is 0.450 e. The second-order valence-corrected chi connectivity index (χ2v) is 6.24. The van der Waals surface area contributed by atoms with Crippen LogP contribution in [-0.2, 0) is 4.74 Å². The van der Waals surface area contributed by atoms with Gasteiger partial charge in [0.25, 0.3) is 0 Å². The van der Waals surface area contributed by atoms with E-state index in [4.69, 9.17) is 4.74 Å². The highest BCUT2D eigenvalue weighted by atomic mass is 16.6. The van der Waals surface area contributed by atoms with E-state index in [1.165, 1.54) is 51.4 Å². The van der Waals surface area contributed by atoms with Crippen molar-refractivity contribution in [2.75, 3.05) is 13.2 Å². The molecule has 1 unspecified atom stereocenters. The minimum Gasteiger partial charge on any atom is -0.450 e. The number of nitrogens with zero attached hydrogens (tertiary/aromatic N) is 1. The third-order valence-corrected chi connectivity index (χ3v) is 4.23. The molecule has 0 aliphatic heterocycles. The summed E-state index contributed by atoms with van der Waals surface area (Å²) < 4.78 is 5.31. The van der Waals surface area contributed by atoms with Gasteiger partial charge in [0.05, 0.1) is 6.61 Å². The highest BCUT2D eigenvalue weighted by Crippen LogP contribution is 2.19. The molecule has 3 heteroatoms. The summed E-state index contributed by atoms with van der Waals surface area (Å²) in [6.45, 7) is 9.89. The zero-order valence-electron chi connectivity index (χ0n) is 15.5. The number of hydrogen-bond acceptors (Lipinski definition) is 2. The standard InChI is InChI=1S/C19H39NO2/c1-5-9-12-13-16-18(15-11-7-3)20(17-14-10-6-2)19(21)22-8-4/h18H,5-17H2,1-4H3. The number of rotatable bonds is 14. The summed E-state index contributed by atoms with van der Waals surface area (Å²) in [5, 5.41) is 0. The van der Waals surface area contributed by atoms with Crippen molar-refractivity contribution in [3.63, 3.8) is 0 Å². The van der Waals surface area contributed by atoms with Crippen molar-refractivity contribution in [3.8, 4) is 0 Å². The monoisotopic (exact) mass is 313 g/mol. The summed E-state index contributed by atoms with van der Waals surface area (Å²) >= 11 is 0. The fourth-order valence-electron chi connectivity index (χ4n) is 2.86. The molecule has 0 N–H and O–H groups in total. The van der Waals surface area contributed by atoms with E-state index in [2.05, 4.69) is 20.8 Å². The molecule has 0 fully saturated rings. The highest BCUT2D eigenvalue weighted by molar-refractivity contribution is 5.68. The molecule has 0 saturated heterocycles. The molecule has 0 rings (SSSR count). The van der Waals surface area contributed by atoms with E-state index in [0.29, 0.717) is 12.6 Å². The maximum Gasteiger partial charge on any atom is 0.409 e. The van der Waals surface area contributed by atoms with Crippen molar-refractivity contribution in [1.29, 1.82) is 0 Å². The Hall–Kier alpha value is -0.730. The lowest BCUT2D eigenvalue weighted by Gasteiger charge is -2.31. The van der Waals surface area contributed by atoms with Crippen molar-refractivity contribution in [3.05, 3.63) is 0 Å². The lowest BCUT2D eigenvalue weighted by atomic mass is 10.0. The molecular formula is C19H39NO2. The Morgan fingerprint density at radius 1 is 0.818 bits per heavy atom. The topological polar surface area (TPSA) is 29.5 Å². The smallest absolute Gasteiger partial charge is 0.409 e. The molecule has 132 valence electrons. The maximum atomic E-state index is 12.3. The molecular weight excluding hydrogens is 274 g/mol. The van der Waals surface area contributed by atoms with Crippen molar-refractivity contribution < 1.29 is 9.53 Å². The number of carbonyl (C=O) groups is 1. The Bertz CT molecular complexity index is 256. The van der Waals surface area contributed by atoms with Gasteiger partial charge in [-0.1, -0.05) is 72.1 Å². The Balaban J connectivity index is 4.62. The van der Waals surface area contributed by atoms with E-state index in [0.717, 1.165) is 25.8 Å². The molecule has 1 amide bonds. The zero-order valence-corrected chi connectivity index (χ0v) is 15.5. The van der Waals surface area contributed by atoms with Crippen LogP contribution in [0.25, 0.3) is 0 Å². The molecule has 0 saturated carbocycles. The molecule has 22 heavy (non-hydrogen) atoms. The van der Waals surface area contributed by atoms with Crippen LogP contribution in [0, 0.1) is 0 Å². The lowest BCUT2D eigenvalue weighted by Crippen LogP contribution is -2.41. The summed E-state index contributed by atoms with van der Waals surface area (Å²) in [5.41, 5.74) is 0. The number of amides is 1. The van der Waals surface area contributed by atoms with Gasteiger partial charge in [-0.25, -0.2) is 4.79 Å². The molecule has 0 spiro atoms. The molecule has 0 aromatic carbocycles. The number of ether oxygens (including phenoxy) is 1. The van der Waals surface area contributed by atoms with E-state index >= 15 is 0 Å². The van der Waals surface area contributed by atoms with Gasteiger partial charge in [-0.3, -0.25) is 0 Å². The predicted molar refractivity (Wildman–Crippen MR) is 95.3 cm³/mol. The minimum absolute atomic E-state index is 0.102. The lowest BCUT2D eigenvalue weighted by molar-refractivity contribution is 0.0836. The summed E-state index contributed by atoms with van der Waals surface area (Å²) in [5.74, 6) is 0. The second-order valence-electron chi connectivity index (χ2n) is 6.24. The van der Waals surface area contributed by atoms with Gasteiger partial charge < -0.3 is 9.64 Å². The first-order chi connectivity index (χ1) is 10.7. The molecule has 0 heterocycles. The van der Waals surface area contributed by atoms with Gasteiger partial charge in [-0.05, 0) is 26.2 Å². The molecule has 3 nitrogen and oxygen atoms in total. The Morgan fingerprint density at radius 2 is 1.41 bits per heavy atom. The van der Waals surface area contributed by atoms with Crippen LogP contribution in [-0.4, -0.2) is 30.2 Å². The van der Waals surface area contributed by atoms with Gasteiger partial charge in [0.15, 0.2) is 0 Å². The van der Waals surface area contributed by atoms with Crippen LogP contribution in [0.1, 0.15) is 98.3 Å². The first-order valence-corrected chi connectivity index (χ1v) is 9.64. The number of carbonyl (C=O) groups excluding carboxylic acids is 1. The second kappa shape index (κ2) is 15.2. The van der Waals surface area contributed by atoms with Crippen LogP contribution in [0.3, 0.4) is 0 Å². The van der Waals surface area contributed by atoms with Crippen LogP contribution < -0.4 is 0 Å².